The van der Waals surface area contributed by atoms with E-state index >= 15 is 0 Å². The van der Waals surface area contributed by atoms with Gasteiger partial charge >= 0.3 is 0 Å². The summed E-state index contributed by atoms with van der Waals surface area (Å²) in [5.41, 5.74) is 12.0. The lowest BCUT2D eigenvalue weighted by molar-refractivity contribution is 1.18. The van der Waals surface area contributed by atoms with E-state index in [1.807, 2.05) is 72.8 Å². The normalized spacial score (nSPS) is 10.9. The Hall–Kier alpha value is -6.52. The van der Waals surface area contributed by atoms with Crippen LogP contribution in [-0.4, -0.2) is 19.9 Å². The first-order chi connectivity index (χ1) is 23.8. The van der Waals surface area contributed by atoms with Gasteiger partial charge in [0.25, 0.3) is 0 Å². The van der Waals surface area contributed by atoms with E-state index in [4.69, 9.17) is 19.9 Å². The molecule has 0 aliphatic heterocycles. The fraction of sp³-hybridized carbons (Fsp3) is 0. The summed E-state index contributed by atoms with van der Waals surface area (Å²) in [6, 6.07) is 62.1. The molecule has 0 unspecified atom stereocenters. The highest BCUT2D eigenvalue weighted by molar-refractivity contribution is 5.76. The van der Waals surface area contributed by atoms with Crippen LogP contribution in [0.2, 0.25) is 0 Å². The Morgan fingerprint density at radius 3 is 0.688 bits per heavy atom. The molecule has 8 aromatic rings. The summed E-state index contributed by atoms with van der Waals surface area (Å²) in [6.45, 7) is 0. The first-order valence-corrected chi connectivity index (χ1v) is 16.0. The zero-order chi connectivity index (χ0) is 32.1. The van der Waals surface area contributed by atoms with Crippen molar-refractivity contribution in [1.82, 2.24) is 19.9 Å². The molecule has 0 bridgehead atoms. The SMILES string of the molecule is c1ccc(-c2cc(-c3ccccc3)nc(-c3ccc(-c4ccc(-c5nc(-c6ccccc6)cc(-c6ccccc6)n5)cc4)cc3)n2)cc1. The average Bonchev–Trinajstić information content (AvgIpc) is 3.19. The number of hydrogen-bond acceptors (Lipinski definition) is 4. The van der Waals surface area contributed by atoms with Crippen LogP contribution in [0, 0.1) is 0 Å². The molecular formula is C44H30N4. The van der Waals surface area contributed by atoms with Gasteiger partial charge in [0.05, 0.1) is 22.8 Å². The number of benzene rings is 6. The highest BCUT2D eigenvalue weighted by atomic mass is 14.9. The van der Waals surface area contributed by atoms with Gasteiger partial charge in [-0.25, -0.2) is 19.9 Å². The van der Waals surface area contributed by atoms with Crippen LogP contribution < -0.4 is 0 Å². The Labute approximate surface area is 280 Å². The molecule has 2 aromatic heterocycles. The van der Waals surface area contributed by atoms with Crippen LogP contribution in [0.25, 0.3) is 78.9 Å². The Kier molecular flexibility index (Phi) is 7.87. The van der Waals surface area contributed by atoms with Crippen LogP contribution in [0.5, 0.6) is 0 Å². The third-order valence-electron chi connectivity index (χ3n) is 8.35. The topological polar surface area (TPSA) is 51.6 Å². The Balaban J connectivity index is 1.11. The molecule has 4 heteroatoms. The zero-order valence-corrected chi connectivity index (χ0v) is 26.1. The minimum atomic E-state index is 0.696. The number of nitrogens with zero attached hydrogens (tertiary/aromatic N) is 4. The van der Waals surface area contributed by atoms with Gasteiger partial charge in [-0.1, -0.05) is 170 Å². The fourth-order valence-corrected chi connectivity index (χ4v) is 5.80. The van der Waals surface area contributed by atoms with E-state index in [1.165, 1.54) is 0 Å². The fourth-order valence-electron chi connectivity index (χ4n) is 5.80. The number of hydrogen-bond donors (Lipinski definition) is 0. The van der Waals surface area contributed by atoms with Crippen molar-refractivity contribution in [1.29, 1.82) is 0 Å². The molecule has 0 aliphatic carbocycles. The summed E-state index contributed by atoms with van der Waals surface area (Å²) in [5.74, 6) is 1.39. The highest BCUT2D eigenvalue weighted by Gasteiger charge is 2.13. The van der Waals surface area contributed by atoms with Crippen LogP contribution in [-0.2, 0) is 0 Å². The van der Waals surface area contributed by atoms with Crippen molar-refractivity contribution < 1.29 is 0 Å². The molecule has 0 amide bonds. The number of rotatable bonds is 7. The van der Waals surface area contributed by atoms with Crippen molar-refractivity contribution in [2.24, 2.45) is 0 Å². The molecule has 0 saturated carbocycles. The lowest BCUT2D eigenvalue weighted by atomic mass is 10.0. The molecule has 0 aliphatic rings. The van der Waals surface area contributed by atoms with Gasteiger partial charge in [0, 0.05) is 33.4 Å². The van der Waals surface area contributed by atoms with Gasteiger partial charge in [-0.3, -0.25) is 0 Å². The molecular weight excluding hydrogens is 585 g/mol. The Bertz CT molecular complexity index is 2000. The maximum atomic E-state index is 4.98. The van der Waals surface area contributed by atoms with Crippen LogP contribution in [0.15, 0.2) is 182 Å². The molecule has 2 heterocycles. The summed E-state index contributed by atoms with van der Waals surface area (Å²) in [6.07, 6.45) is 0. The van der Waals surface area contributed by atoms with E-state index < -0.39 is 0 Å². The van der Waals surface area contributed by atoms with E-state index in [0.717, 1.165) is 67.3 Å². The van der Waals surface area contributed by atoms with Gasteiger partial charge in [-0.2, -0.15) is 0 Å². The van der Waals surface area contributed by atoms with Crippen LogP contribution in [0.1, 0.15) is 0 Å². The zero-order valence-electron chi connectivity index (χ0n) is 26.1. The van der Waals surface area contributed by atoms with E-state index in [9.17, 15) is 0 Å². The standard InChI is InChI=1S/C44H30N4/c1-5-13-33(14-6-1)39-29-40(34-15-7-2-8-16-34)46-43(45-39)37-25-21-31(22-26-37)32-23-27-38(28-24-32)44-47-41(35-17-9-3-10-18-35)30-42(48-44)36-19-11-4-12-20-36/h1-30H. The summed E-state index contributed by atoms with van der Waals surface area (Å²) in [7, 11) is 0. The first-order valence-electron chi connectivity index (χ1n) is 16.0. The summed E-state index contributed by atoms with van der Waals surface area (Å²) < 4.78 is 0. The molecule has 0 atom stereocenters. The smallest absolute Gasteiger partial charge is 0.160 e. The Morgan fingerprint density at radius 2 is 0.438 bits per heavy atom. The van der Waals surface area contributed by atoms with Gasteiger partial charge in [-0.15, -0.1) is 0 Å². The first kappa shape index (κ1) is 28.9. The van der Waals surface area contributed by atoms with Gasteiger partial charge in [0.15, 0.2) is 11.6 Å². The van der Waals surface area contributed by atoms with Crippen LogP contribution in [0.3, 0.4) is 0 Å². The summed E-state index contributed by atoms with van der Waals surface area (Å²) in [4.78, 5) is 19.9. The molecule has 6 aromatic carbocycles. The molecule has 4 nitrogen and oxygen atoms in total. The molecule has 8 rings (SSSR count). The van der Waals surface area contributed by atoms with Gasteiger partial charge < -0.3 is 0 Å². The van der Waals surface area contributed by atoms with Crippen molar-refractivity contribution in [3.8, 4) is 78.9 Å². The van der Waals surface area contributed by atoms with Crippen LogP contribution in [0.4, 0.5) is 0 Å². The predicted molar refractivity (Wildman–Crippen MR) is 196 cm³/mol. The van der Waals surface area contributed by atoms with E-state index in [0.29, 0.717) is 11.6 Å². The van der Waals surface area contributed by atoms with Gasteiger partial charge in [0.2, 0.25) is 0 Å². The second-order valence-electron chi connectivity index (χ2n) is 11.5. The Morgan fingerprint density at radius 1 is 0.208 bits per heavy atom. The van der Waals surface area contributed by atoms with Crippen molar-refractivity contribution >= 4 is 0 Å². The lowest BCUT2D eigenvalue weighted by Crippen LogP contribution is -1.96. The minimum absolute atomic E-state index is 0.696. The lowest BCUT2D eigenvalue weighted by Gasteiger charge is -2.11. The largest absolute Gasteiger partial charge is 0.228 e. The van der Waals surface area contributed by atoms with Gasteiger partial charge in [-0.05, 0) is 23.3 Å². The van der Waals surface area contributed by atoms with E-state index in [2.05, 4.69) is 109 Å². The van der Waals surface area contributed by atoms with Gasteiger partial charge in [0.1, 0.15) is 0 Å². The number of aromatic nitrogens is 4. The van der Waals surface area contributed by atoms with Crippen LogP contribution >= 0.6 is 0 Å². The maximum Gasteiger partial charge on any atom is 0.160 e. The molecule has 226 valence electrons. The second-order valence-corrected chi connectivity index (χ2v) is 11.5. The van der Waals surface area contributed by atoms with Crippen molar-refractivity contribution in [3.05, 3.63) is 182 Å². The van der Waals surface area contributed by atoms with Crippen molar-refractivity contribution in [3.63, 3.8) is 0 Å². The summed E-state index contributed by atoms with van der Waals surface area (Å²) in [5, 5.41) is 0. The molecule has 0 saturated heterocycles. The minimum Gasteiger partial charge on any atom is -0.228 e. The molecule has 0 spiro atoms. The highest BCUT2D eigenvalue weighted by Crippen LogP contribution is 2.31. The quantitative estimate of drug-likeness (QED) is 0.179. The van der Waals surface area contributed by atoms with E-state index in [1.54, 1.807) is 0 Å². The summed E-state index contributed by atoms with van der Waals surface area (Å²) >= 11 is 0. The van der Waals surface area contributed by atoms with Crippen molar-refractivity contribution in [2.45, 2.75) is 0 Å². The molecule has 0 fully saturated rings. The second kappa shape index (κ2) is 13.1. The van der Waals surface area contributed by atoms with E-state index in [-0.39, 0.29) is 0 Å². The average molecular weight is 615 g/mol. The molecule has 48 heavy (non-hydrogen) atoms. The third kappa shape index (κ3) is 6.15. The third-order valence-corrected chi connectivity index (χ3v) is 8.35. The predicted octanol–water partition coefficient (Wildman–Crippen LogP) is 10.9. The monoisotopic (exact) mass is 614 g/mol. The molecule has 0 radical (unpaired) electrons. The van der Waals surface area contributed by atoms with Crippen molar-refractivity contribution in [2.75, 3.05) is 0 Å². The molecule has 0 N–H and O–H groups in total. The maximum absolute atomic E-state index is 4.98.